The van der Waals surface area contributed by atoms with Crippen LogP contribution in [0, 0.1) is 6.92 Å². The topological polar surface area (TPSA) is 96.5 Å². The summed E-state index contributed by atoms with van der Waals surface area (Å²) in [5.41, 5.74) is 2.00. The number of Topliss-reactive ketones (excluding diaryl/α,β-unsaturated/α-hetero) is 1. The third kappa shape index (κ3) is 4.75. The van der Waals surface area contributed by atoms with Gasteiger partial charge in [-0.25, -0.2) is 4.98 Å². The number of aromatic amines is 1. The Hall–Kier alpha value is -2.74. The van der Waals surface area contributed by atoms with Crippen LogP contribution in [0.15, 0.2) is 40.4 Å². The Morgan fingerprint density at radius 2 is 2.00 bits per heavy atom. The summed E-state index contributed by atoms with van der Waals surface area (Å²) in [6, 6.07) is 9.90. The Labute approximate surface area is 167 Å². The van der Waals surface area contributed by atoms with Gasteiger partial charge in [-0.3, -0.25) is 9.89 Å². The molecule has 0 saturated heterocycles. The molecule has 144 valence electrons. The molecule has 3 aromatic rings. The first-order valence-electron chi connectivity index (χ1n) is 9.42. The Morgan fingerprint density at radius 3 is 2.64 bits per heavy atom. The normalized spacial score (nSPS) is 13.5. The van der Waals surface area contributed by atoms with Gasteiger partial charge in [-0.2, -0.15) is 15.1 Å². The summed E-state index contributed by atoms with van der Waals surface area (Å²) in [6.07, 6.45) is 3.29. The molecule has 1 saturated carbocycles. The number of hydrogen-bond acceptors (Lipinski definition) is 7. The molecule has 1 aliphatic carbocycles. The average molecular weight is 395 g/mol. The van der Waals surface area contributed by atoms with E-state index in [0.717, 1.165) is 34.8 Å². The van der Waals surface area contributed by atoms with E-state index in [-0.39, 0.29) is 5.78 Å². The highest BCUT2D eigenvalue weighted by Gasteiger charge is 2.28. The van der Waals surface area contributed by atoms with Gasteiger partial charge in [-0.05, 0) is 49.2 Å². The number of benzene rings is 1. The summed E-state index contributed by atoms with van der Waals surface area (Å²) in [6.45, 7) is 3.83. The predicted octanol–water partition coefficient (Wildman–Crippen LogP) is 4.20. The van der Waals surface area contributed by atoms with E-state index >= 15 is 0 Å². The first-order valence-corrected chi connectivity index (χ1v) is 10.2. The molecule has 0 amide bonds. The van der Waals surface area contributed by atoms with Crippen molar-refractivity contribution >= 4 is 29.3 Å². The monoisotopic (exact) mass is 394 g/mol. The fourth-order valence-corrected chi connectivity index (χ4v) is 3.48. The largest absolute Gasteiger partial charge is 0.307 e. The first kappa shape index (κ1) is 18.6. The molecule has 0 radical (unpaired) electrons. The van der Waals surface area contributed by atoms with E-state index in [1.54, 1.807) is 0 Å². The van der Waals surface area contributed by atoms with Gasteiger partial charge in [-0.15, -0.1) is 0 Å². The Bertz CT molecular complexity index is 981. The first-order chi connectivity index (χ1) is 13.6. The Morgan fingerprint density at radius 1 is 1.21 bits per heavy atom. The molecule has 7 nitrogen and oxygen atoms in total. The van der Waals surface area contributed by atoms with Gasteiger partial charge in [-0.1, -0.05) is 19.1 Å². The molecule has 8 heteroatoms. The third-order valence-electron chi connectivity index (χ3n) is 4.45. The molecule has 28 heavy (non-hydrogen) atoms. The zero-order chi connectivity index (χ0) is 19.5. The lowest BCUT2D eigenvalue weighted by Gasteiger charge is -2.07. The molecule has 0 aliphatic heterocycles. The highest BCUT2D eigenvalue weighted by molar-refractivity contribution is 7.99. The van der Waals surface area contributed by atoms with Gasteiger partial charge in [0, 0.05) is 35.4 Å². The minimum Gasteiger partial charge on any atom is -0.307 e. The molecule has 0 bridgehead atoms. The van der Waals surface area contributed by atoms with Crippen molar-refractivity contribution in [2.45, 2.75) is 55.5 Å². The molecule has 2 heterocycles. The second-order valence-corrected chi connectivity index (χ2v) is 7.99. The van der Waals surface area contributed by atoms with Crippen LogP contribution in [-0.2, 0) is 11.2 Å². The number of anilines is 2. The summed E-state index contributed by atoms with van der Waals surface area (Å²) in [4.78, 5) is 26.4. The van der Waals surface area contributed by atoms with Crippen molar-refractivity contribution in [3.8, 4) is 0 Å². The van der Waals surface area contributed by atoms with Gasteiger partial charge in [0.2, 0.25) is 5.95 Å². The van der Waals surface area contributed by atoms with Crippen LogP contribution in [-0.4, -0.2) is 30.9 Å². The maximum atomic E-state index is 11.6. The van der Waals surface area contributed by atoms with Gasteiger partial charge in [0.15, 0.2) is 11.0 Å². The zero-order valence-corrected chi connectivity index (χ0v) is 16.7. The zero-order valence-electron chi connectivity index (χ0n) is 15.9. The molecule has 0 atom stereocenters. The van der Waals surface area contributed by atoms with Gasteiger partial charge in [0.05, 0.1) is 0 Å². The van der Waals surface area contributed by atoms with Crippen molar-refractivity contribution in [2.24, 2.45) is 0 Å². The fraction of sp³-hybridized carbons (Fsp3) is 0.350. The minimum atomic E-state index is 0.247. The Kier molecular flexibility index (Phi) is 5.38. The molecule has 4 rings (SSSR count). The number of H-pyrrole nitrogens is 1. The van der Waals surface area contributed by atoms with E-state index in [1.165, 1.54) is 11.8 Å². The van der Waals surface area contributed by atoms with E-state index < -0.39 is 0 Å². The number of aromatic nitrogens is 5. The van der Waals surface area contributed by atoms with Crippen LogP contribution in [0.25, 0.3) is 0 Å². The van der Waals surface area contributed by atoms with Crippen molar-refractivity contribution in [1.82, 2.24) is 25.1 Å². The highest BCUT2D eigenvalue weighted by atomic mass is 32.2. The highest BCUT2D eigenvalue weighted by Crippen LogP contribution is 2.39. The third-order valence-corrected chi connectivity index (χ3v) is 5.32. The number of carbonyl (C=O) groups is 1. The van der Waals surface area contributed by atoms with Crippen LogP contribution >= 0.6 is 11.8 Å². The SMILES string of the molecule is CCC(=O)Cc1ccc(Sc2nc(Nc3cc(C)[nH]n3)nc(C3CC3)n2)cc1. The molecule has 0 spiro atoms. The van der Waals surface area contributed by atoms with Crippen LogP contribution in [0.2, 0.25) is 0 Å². The summed E-state index contributed by atoms with van der Waals surface area (Å²) in [5, 5.41) is 10.9. The van der Waals surface area contributed by atoms with Crippen molar-refractivity contribution in [2.75, 3.05) is 5.32 Å². The van der Waals surface area contributed by atoms with Crippen molar-refractivity contribution in [1.29, 1.82) is 0 Å². The van der Waals surface area contributed by atoms with E-state index in [9.17, 15) is 4.79 Å². The average Bonchev–Trinajstić information content (AvgIpc) is 3.46. The van der Waals surface area contributed by atoms with E-state index in [0.29, 0.717) is 35.7 Å². The summed E-state index contributed by atoms with van der Waals surface area (Å²) < 4.78 is 0. The lowest BCUT2D eigenvalue weighted by molar-refractivity contribution is -0.118. The van der Waals surface area contributed by atoms with Crippen molar-refractivity contribution < 1.29 is 4.79 Å². The smallest absolute Gasteiger partial charge is 0.232 e. The number of aryl methyl sites for hydroxylation is 1. The van der Waals surface area contributed by atoms with Crippen LogP contribution in [0.5, 0.6) is 0 Å². The summed E-state index contributed by atoms with van der Waals surface area (Å²) in [7, 11) is 0. The number of hydrogen-bond donors (Lipinski definition) is 2. The molecular formula is C20H22N6OS. The van der Waals surface area contributed by atoms with Crippen LogP contribution in [0.3, 0.4) is 0 Å². The minimum absolute atomic E-state index is 0.247. The Balaban J connectivity index is 1.52. The molecule has 1 aliphatic rings. The van der Waals surface area contributed by atoms with E-state index in [2.05, 4.69) is 30.5 Å². The van der Waals surface area contributed by atoms with Crippen LogP contribution < -0.4 is 5.32 Å². The van der Waals surface area contributed by atoms with Crippen molar-refractivity contribution in [3.63, 3.8) is 0 Å². The molecule has 0 unspecified atom stereocenters. The van der Waals surface area contributed by atoms with Crippen LogP contribution in [0.4, 0.5) is 11.8 Å². The van der Waals surface area contributed by atoms with E-state index in [4.69, 9.17) is 0 Å². The second kappa shape index (κ2) is 8.10. The quantitative estimate of drug-likeness (QED) is 0.591. The number of nitrogens with zero attached hydrogens (tertiary/aromatic N) is 4. The number of ketones is 1. The number of nitrogens with one attached hydrogen (secondary N) is 2. The maximum Gasteiger partial charge on any atom is 0.232 e. The lowest BCUT2D eigenvalue weighted by atomic mass is 10.1. The lowest BCUT2D eigenvalue weighted by Crippen LogP contribution is -2.04. The maximum absolute atomic E-state index is 11.6. The standard InChI is InChI=1S/C20H22N6OS/c1-3-15(27)11-13-4-8-16(9-5-13)28-20-23-18(14-6-7-14)22-19(24-20)21-17-10-12(2)25-26-17/h4-5,8-10,14H,3,6-7,11H2,1-2H3,(H2,21,22,23,24,25,26). The van der Waals surface area contributed by atoms with Gasteiger partial charge < -0.3 is 5.32 Å². The molecular weight excluding hydrogens is 372 g/mol. The predicted molar refractivity (Wildman–Crippen MR) is 108 cm³/mol. The summed E-state index contributed by atoms with van der Waals surface area (Å²) >= 11 is 1.49. The summed E-state index contributed by atoms with van der Waals surface area (Å²) in [5.74, 6) is 2.70. The molecule has 2 N–H and O–H groups in total. The van der Waals surface area contributed by atoms with Crippen LogP contribution in [0.1, 0.15) is 49.2 Å². The molecule has 2 aromatic heterocycles. The molecule has 1 aromatic carbocycles. The fourth-order valence-electron chi connectivity index (χ4n) is 2.73. The number of carbonyl (C=O) groups excluding carboxylic acids is 1. The number of rotatable bonds is 8. The van der Waals surface area contributed by atoms with Gasteiger partial charge in [0.1, 0.15) is 11.6 Å². The molecule has 1 fully saturated rings. The second-order valence-electron chi connectivity index (χ2n) is 6.95. The van der Waals surface area contributed by atoms with Gasteiger partial charge in [0.25, 0.3) is 0 Å². The van der Waals surface area contributed by atoms with E-state index in [1.807, 2.05) is 44.2 Å². The van der Waals surface area contributed by atoms with Crippen molar-refractivity contribution in [3.05, 3.63) is 47.4 Å². The van der Waals surface area contributed by atoms with Gasteiger partial charge >= 0.3 is 0 Å².